The molecular formula is C14H17ClN2O. The summed E-state index contributed by atoms with van der Waals surface area (Å²) in [7, 11) is 0. The first-order valence-electron chi connectivity index (χ1n) is 6.19. The third-order valence-corrected chi connectivity index (χ3v) is 3.10. The first kappa shape index (κ1) is 13.1. The van der Waals surface area contributed by atoms with Crippen molar-refractivity contribution in [3.8, 4) is 11.4 Å². The molecule has 0 amide bonds. The lowest BCUT2D eigenvalue weighted by Crippen LogP contribution is -1.88. The highest BCUT2D eigenvalue weighted by Gasteiger charge is 2.08. The smallest absolute Gasteiger partial charge is 0.227 e. The summed E-state index contributed by atoms with van der Waals surface area (Å²) in [5, 5.41) is 3.98. The Morgan fingerprint density at radius 2 is 1.94 bits per heavy atom. The van der Waals surface area contributed by atoms with Crippen LogP contribution in [-0.4, -0.2) is 16.0 Å². The van der Waals surface area contributed by atoms with Crippen LogP contribution in [0.2, 0.25) is 0 Å². The SMILES string of the molecule is CC(C)c1ccc(-c2noc(CCCCl)n2)cc1. The minimum Gasteiger partial charge on any atom is -0.339 e. The molecule has 0 N–H and O–H groups in total. The molecule has 0 aliphatic carbocycles. The Morgan fingerprint density at radius 1 is 1.22 bits per heavy atom. The molecule has 3 nitrogen and oxygen atoms in total. The largest absolute Gasteiger partial charge is 0.339 e. The van der Waals surface area contributed by atoms with Crippen molar-refractivity contribution in [2.75, 3.05) is 5.88 Å². The van der Waals surface area contributed by atoms with Crippen molar-refractivity contribution in [2.45, 2.75) is 32.6 Å². The van der Waals surface area contributed by atoms with Crippen LogP contribution in [0.5, 0.6) is 0 Å². The molecule has 0 radical (unpaired) electrons. The monoisotopic (exact) mass is 264 g/mol. The number of halogens is 1. The zero-order chi connectivity index (χ0) is 13.0. The summed E-state index contributed by atoms with van der Waals surface area (Å²) in [6.45, 7) is 4.35. The molecule has 0 aliphatic heterocycles. The molecule has 0 unspecified atom stereocenters. The number of hydrogen-bond acceptors (Lipinski definition) is 3. The highest BCUT2D eigenvalue weighted by Crippen LogP contribution is 2.20. The number of hydrogen-bond donors (Lipinski definition) is 0. The fourth-order valence-electron chi connectivity index (χ4n) is 1.71. The van der Waals surface area contributed by atoms with Crippen molar-refractivity contribution in [3.05, 3.63) is 35.7 Å². The van der Waals surface area contributed by atoms with E-state index in [-0.39, 0.29) is 0 Å². The lowest BCUT2D eigenvalue weighted by Gasteiger charge is -2.04. The first-order valence-corrected chi connectivity index (χ1v) is 6.73. The van der Waals surface area contributed by atoms with E-state index in [1.165, 1.54) is 5.56 Å². The van der Waals surface area contributed by atoms with Gasteiger partial charge >= 0.3 is 0 Å². The van der Waals surface area contributed by atoms with Crippen LogP contribution in [0.4, 0.5) is 0 Å². The molecule has 0 saturated heterocycles. The summed E-state index contributed by atoms with van der Waals surface area (Å²) in [6, 6.07) is 8.28. The molecular weight excluding hydrogens is 248 g/mol. The van der Waals surface area contributed by atoms with Crippen molar-refractivity contribution >= 4 is 11.6 Å². The van der Waals surface area contributed by atoms with E-state index in [0.29, 0.717) is 23.5 Å². The minimum absolute atomic E-state index is 0.531. The van der Waals surface area contributed by atoms with E-state index in [2.05, 4.69) is 36.1 Å². The molecule has 2 aromatic rings. The number of aryl methyl sites for hydroxylation is 1. The van der Waals surface area contributed by atoms with Gasteiger partial charge in [0.05, 0.1) is 0 Å². The quantitative estimate of drug-likeness (QED) is 0.766. The molecule has 0 spiro atoms. The average Bonchev–Trinajstić information content (AvgIpc) is 2.85. The highest BCUT2D eigenvalue weighted by atomic mass is 35.5. The second-order valence-electron chi connectivity index (χ2n) is 4.58. The fourth-order valence-corrected chi connectivity index (χ4v) is 1.84. The molecule has 0 fully saturated rings. The third kappa shape index (κ3) is 3.10. The Kier molecular flexibility index (Phi) is 4.37. The number of alkyl halides is 1. The predicted octanol–water partition coefficient (Wildman–Crippen LogP) is 4.03. The van der Waals surface area contributed by atoms with Crippen molar-refractivity contribution in [2.24, 2.45) is 0 Å². The van der Waals surface area contributed by atoms with E-state index < -0.39 is 0 Å². The van der Waals surface area contributed by atoms with E-state index in [1.54, 1.807) is 0 Å². The van der Waals surface area contributed by atoms with E-state index >= 15 is 0 Å². The molecule has 96 valence electrons. The number of nitrogens with zero attached hydrogens (tertiary/aromatic N) is 2. The number of rotatable bonds is 5. The lowest BCUT2D eigenvalue weighted by atomic mass is 10.0. The Labute approximate surface area is 112 Å². The second-order valence-corrected chi connectivity index (χ2v) is 4.96. The van der Waals surface area contributed by atoms with Crippen LogP contribution in [0.1, 0.15) is 37.6 Å². The van der Waals surface area contributed by atoms with E-state index in [9.17, 15) is 0 Å². The van der Waals surface area contributed by atoms with Gasteiger partial charge < -0.3 is 4.52 Å². The van der Waals surface area contributed by atoms with Crippen LogP contribution in [-0.2, 0) is 6.42 Å². The molecule has 2 rings (SSSR count). The predicted molar refractivity (Wildman–Crippen MR) is 72.9 cm³/mol. The minimum atomic E-state index is 0.531. The topological polar surface area (TPSA) is 38.9 Å². The molecule has 18 heavy (non-hydrogen) atoms. The second kappa shape index (κ2) is 6.01. The Bertz CT molecular complexity index is 491. The molecule has 1 aromatic heterocycles. The van der Waals surface area contributed by atoms with Gasteiger partial charge in [0.25, 0.3) is 0 Å². The average molecular weight is 265 g/mol. The van der Waals surface area contributed by atoms with Crippen LogP contribution in [0.25, 0.3) is 11.4 Å². The molecule has 0 atom stereocenters. The fraction of sp³-hybridized carbons (Fsp3) is 0.429. The standard InChI is InChI=1S/C14H17ClN2O/c1-10(2)11-5-7-12(8-6-11)14-16-13(18-17-14)4-3-9-15/h5-8,10H,3-4,9H2,1-2H3. The van der Waals surface area contributed by atoms with Crippen LogP contribution in [0.3, 0.4) is 0 Å². The van der Waals surface area contributed by atoms with Crippen molar-refractivity contribution in [3.63, 3.8) is 0 Å². The van der Waals surface area contributed by atoms with Gasteiger partial charge in [0.2, 0.25) is 11.7 Å². The highest BCUT2D eigenvalue weighted by molar-refractivity contribution is 6.17. The summed E-state index contributed by atoms with van der Waals surface area (Å²) < 4.78 is 5.18. The summed E-state index contributed by atoms with van der Waals surface area (Å²) in [5.74, 6) is 2.44. The van der Waals surface area contributed by atoms with Crippen LogP contribution < -0.4 is 0 Å². The summed E-state index contributed by atoms with van der Waals surface area (Å²) in [6.07, 6.45) is 1.59. The maximum Gasteiger partial charge on any atom is 0.227 e. The Morgan fingerprint density at radius 3 is 2.56 bits per heavy atom. The van der Waals surface area contributed by atoms with Crippen molar-refractivity contribution in [1.82, 2.24) is 10.1 Å². The molecule has 1 heterocycles. The van der Waals surface area contributed by atoms with Crippen molar-refractivity contribution < 1.29 is 4.52 Å². The van der Waals surface area contributed by atoms with Gasteiger partial charge in [0.1, 0.15) is 0 Å². The van der Waals surface area contributed by atoms with Gasteiger partial charge in [-0.3, -0.25) is 0 Å². The number of aromatic nitrogens is 2. The summed E-state index contributed by atoms with van der Waals surface area (Å²) in [5.41, 5.74) is 2.30. The van der Waals surface area contributed by atoms with Gasteiger partial charge in [-0.2, -0.15) is 4.98 Å². The molecule has 0 bridgehead atoms. The summed E-state index contributed by atoms with van der Waals surface area (Å²) in [4.78, 5) is 4.36. The van der Waals surface area contributed by atoms with Gasteiger partial charge in [-0.05, 0) is 17.9 Å². The molecule has 0 saturated carbocycles. The first-order chi connectivity index (χ1) is 8.70. The van der Waals surface area contributed by atoms with Gasteiger partial charge in [0, 0.05) is 17.9 Å². The van der Waals surface area contributed by atoms with Crippen molar-refractivity contribution in [1.29, 1.82) is 0 Å². The van der Waals surface area contributed by atoms with Gasteiger partial charge in [-0.25, -0.2) is 0 Å². The maximum atomic E-state index is 5.63. The van der Waals surface area contributed by atoms with Crippen LogP contribution in [0, 0.1) is 0 Å². The Balaban J connectivity index is 2.13. The lowest BCUT2D eigenvalue weighted by molar-refractivity contribution is 0.378. The third-order valence-electron chi connectivity index (χ3n) is 2.83. The maximum absolute atomic E-state index is 5.63. The van der Waals surface area contributed by atoms with Gasteiger partial charge in [-0.15, -0.1) is 11.6 Å². The summed E-state index contributed by atoms with van der Waals surface area (Å²) >= 11 is 5.63. The molecule has 4 heteroatoms. The van der Waals surface area contributed by atoms with Gasteiger partial charge in [-0.1, -0.05) is 43.3 Å². The zero-order valence-electron chi connectivity index (χ0n) is 10.7. The molecule has 0 aliphatic rings. The molecule has 1 aromatic carbocycles. The normalized spacial score (nSPS) is 11.1. The van der Waals surface area contributed by atoms with Crippen LogP contribution >= 0.6 is 11.6 Å². The zero-order valence-corrected chi connectivity index (χ0v) is 11.4. The van der Waals surface area contributed by atoms with E-state index in [0.717, 1.165) is 18.4 Å². The van der Waals surface area contributed by atoms with Gasteiger partial charge in [0.15, 0.2) is 0 Å². The van der Waals surface area contributed by atoms with E-state index in [4.69, 9.17) is 16.1 Å². The number of benzene rings is 1. The van der Waals surface area contributed by atoms with E-state index in [1.807, 2.05) is 12.1 Å². The Hall–Kier alpha value is -1.35. The van der Waals surface area contributed by atoms with Crippen LogP contribution in [0.15, 0.2) is 28.8 Å².